The molecule has 0 saturated carbocycles. The molecule has 0 spiro atoms. The Bertz CT molecular complexity index is 2320. The quantitative estimate of drug-likeness (QED) is 0.0528. The smallest absolute Gasteiger partial charge is 0.235 e. The minimum Gasteiger partial charge on any atom is -0.494 e. The van der Waals surface area contributed by atoms with Crippen molar-refractivity contribution in [1.82, 2.24) is 45.4 Å². The van der Waals surface area contributed by atoms with E-state index in [1.165, 1.54) is 11.3 Å². The molecule has 0 aliphatic carbocycles. The maximum atomic E-state index is 13.5. The van der Waals surface area contributed by atoms with E-state index in [1.807, 2.05) is 29.8 Å². The number of anilines is 5. The molecule has 1 unspecified atom stereocenters. The van der Waals surface area contributed by atoms with Gasteiger partial charge in [-0.3, -0.25) is 24.9 Å². The molecule has 1 atom stereocenters. The van der Waals surface area contributed by atoms with Crippen LogP contribution in [0.4, 0.5) is 28.8 Å². The molecule has 16 nitrogen and oxygen atoms in total. The van der Waals surface area contributed by atoms with Gasteiger partial charge in [-0.2, -0.15) is 4.98 Å². The fourth-order valence-corrected chi connectivity index (χ4v) is 9.07. The molecule has 58 heavy (non-hydrogen) atoms. The Balaban J connectivity index is 0.919. The highest BCUT2D eigenvalue weighted by Gasteiger charge is 2.30. The van der Waals surface area contributed by atoms with Gasteiger partial charge in [0.1, 0.15) is 24.2 Å². The molecule has 2 fully saturated rings. The number of ether oxygens (including phenoxy) is 1. The summed E-state index contributed by atoms with van der Waals surface area (Å²) >= 11 is 0. The molecule has 2 aromatic carbocycles. The summed E-state index contributed by atoms with van der Waals surface area (Å²) in [6.45, 7) is 12.7. The Hall–Kier alpha value is -5.44. The molecule has 0 radical (unpaired) electrons. The van der Waals surface area contributed by atoms with Gasteiger partial charge in [0.05, 0.1) is 47.2 Å². The molecule has 5 heterocycles. The molecule has 306 valence electrons. The van der Waals surface area contributed by atoms with Crippen molar-refractivity contribution in [1.29, 1.82) is 0 Å². The normalized spacial score (nSPS) is 16.4. The Morgan fingerprint density at radius 2 is 1.78 bits per heavy atom. The van der Waals surface area contributed by atoms with Crippen molar-refractivity contribution >= 4 is 64.1 Å². The average molecular weight is 809 g/mol. The van der Waals surface area contributed by atoms with E-state index in [2.05, 4.69) is 70.5 Å². The van der Waals surface area contributed by atoms with Crippen LogP contribution < -0.4 is 41.5 Å². The maximum Gasteiger partial charge on any atom is 0.235 e. The molecule has 3 aromatic heterocycles. The third kappa shape index (κ3) is 9.46. The fraction of sp³-hybridized carbons (Fsp3) is 0.439. The molecular weight excluding hydrogens is 756 g/mol. The summed E-state index contributed by atoms with van der Waals surface area (Å²) in [5, 5.41) is 17.1. The van der Waals surface area contributed by atoms with Crippen LogP contribution in [0.3, 0.4) is 0 Å². The lowest BCUT2D eigenvalue weighted by Crippen LogP contribution is -2.44. The summed E-state index contributed by atoms with van der Waals surface area (Å²) < 4.78 is 21.4. The summed E-state index contributed by atoms with van der Waals surface area (Å²) in [6.07, 6.45) is 12.4. The number of nitrogens with one attached hydrogen (secondary N) is 5. The summed E-state index contributed by atoms with van der Waals surface area (Å²) in [6, 6.07) is 8.43. The van der Waals surface area contributed by atoms with Crippen LogP contribution in [0.1, 0.15) is 55.3 Å². The highest BCUT2D eigenvalue weighted by molar-refractivity contribution is 7.71. The van der Waals surface area contributed by atoms with Crippen LogP contribution in [-0.4, -0.2) is 101 Å². The zero-order valence-electron chi connectivity index (χ0n) is 33.8. The van der Waals surface area contributed by atoms with E-state index in [4.69, 9.17) is 9.72 Å². The van der Waals surface area contributed by atoms with Crippen LogP contribution in [0.15, 0.2) is 55.4 Å². The minimum absolute atomic E-state index is 0.215. The number of amides is 2. The SMILES string of the molecule is CCc1cc(Nc2ncc(C)c(Nc3ccc4nccnc4c3P(C)(C)=O)n2)c(OC)cc1N1CCC(NCCNCCn2cnc(C3CCC(=O)NC3=O)c2)CC1. The van der Waals surface area contributed by atoms with Crippen molar-refractivity contribution < 1.29 is 18.9 Å². The summed E-state index contributed by atoms with van der Waals surface area (Å²) in [5.41, 5.74) is 6.67. The van der Waals surface area contributed by atoms with Gasteiger partial charge < -0.3 is 40.0 Å². The van der Waals surface area contributed by atoms with Crippen LogP contribution in [0, 0.1) is 6.92 Å². The van der Waals surface area contributed by atoms with Crippen molar-refractivity contribution in [2.45, 2.75) is 64.5 Å². The van der Waals surface area contributed by atoms with Crippen LogP contribution in [0.5, 0.6) is 5.75 Å². The predicted molar refractivity (Wildman–Crippen MR) is 228 cm³/mol. The van der Waals surface area contributed by atoms with E-state index < -0.39 is 7.14 Å². The van der Waals surface area contributed by atoms with E-state index in [0.29, 0.717) is 64.1 Å². The number of aryl methyl sites for hydroxylation is 2. The lowest BCUT2D eigenvalue weighted by molar-refractivity contribution is -0.134. The number of imide groups is 1. The number of methoxy groups -OCH3 is 1. The van der Waals surface area contributed by atoms with E-state index in [0.717, 1.165) is 69.8 Å². The number of imidazole rings is 1. The number of fused-ring (bicyclic) bond motifs is 1. The van der Waals surface area contributed by atoms with Gasteiger partial charge in [0, 0.05) is 93.8 Å². The number of piperidine rings is 2. The van der Waals surface area contributed by atoms with Gasteiger partial charge in [-0.05, 0) is 69.7 Å². The van der Waals surface area contributed by atoms with Gasteiger partial charge in [-0.25, -0.2) is 9.97 Å². The molecule has 2 aliphatic heterocycles. The number of carbonyl (C=O) groups is 2. The van der Waals surface area contributed by atoms with E-state index >= 15 is 0 Å². The standard InChI is InChI=1S/C41H53N12O4P/c1-6-27-21-32(49-41-46-23-26(2)39(51-41)48-31-9-8-30-37(45-16-15-44-30)38(31)58(4,5)56)35(57-3)22-34(27)53-18-11-28(12-19-53)43-14-13-42-17-20-52-24-33(47-25-52)29-7-10-36(54)50-40(29)55/h8-9,15-16,21-25,28-29,42-43H,6-7,10-14,17-20H2,1-5H3,(H,50,54,55)(H2,46,48,49,51). The minimum atomic E-state index is -2.75. The molecule has 0 bridgehead atoms. The second-order valence-electron chi connectivity index (χ2n) is 15.3. The van der Waals surface area contributed by atoms with Crippen molar-refractivity contribution in [3.8, 4) is 5.75 Å². The van der Waals surface area contributed by atoms with Gasteiger partial charge in [-0.1, -0.05) is 6.92 Å². The first-order valence-electron chi connectivity index (χ1n) is 19.9. The Morgan fingerprint density at radius 3 is 2.53 bits per heavy atom. The number of rotatable bonds is 16. The van der Waals surface area contributed by atoms with Gasteiger partial charge in [0.25, 0.3) is 0 Å². The monoisotopic (exact) mass is 808 g/mol. The molecule has 5 aromatic rings. The van der Waals surface area contributed by atoms with Crippen LogP contribution in [-0.2, 0) is 27.1 Å². The van der Waals surface area contributed by atoms with Crippen molar-refractivity contribution in [3.05, 3.63) is 72.2 Å². The Kier molecular flexibility index (Phi) is 12.6. The first kappa shape index (κ1) is 40.7. The number of aromatic nitrogens is 6. The molecule has 2 amide bonds. The highest BCUT2D eigenvalue weighted by Crippen LogP contribution is 2.41. The molecule has 2 saturated heterocycles. The molecular formula is C41H53N12O4P. The average Bonchev–Trinajstić information content (AvgIpc) is 3.68. The van der Waals surface area contributed by atoms with Gasteiger partial charge >= 0.3 is 0 Å². The lowest BCUT2D eigenvalue weighted by atomic mass is 9.95. The largest absolute Gasteiger partial charge is 0.494 e. The van der Waals surface area contributed by atoms with E-state index in [1.54, 1.807) is 45.4 Å². The third-order valence-corrected chi connectivity index (χ3v) is 12.3. The maximum absolute atomic E-state index is 13.5. The highest BCUT2D eigenvalue weighted by atomic mass is 31.2. The molecule has 7 rings (SSSR count). The van der Waals surface area contributed by atoms with Gasteiger partial charge in [-0.15, -0.1) is 0 Å². The van der Waals surface area contributed by atoms with Crippen LogP contribution in [0.2, 0.25) is 0 Å². The third-order valence-electron chi connectivity index (χ3n) is 10.8. The zero-order chi connectivity index (χ0) is 40.8. The first-order valence-corrected chi connectivity index (χ1v) is 22.5. The Morgan fingerprint density at radius 1 is 0.966 bits per heavy atom. The molecule has 17 heteroatoms. The number of carbonyl (C=O) groups excluding carboxylic acids is 2. The van der Waals surface area contributed by atoms with Crippen molar-refractivity contribution in [3.63, 3.8) is 0 Å². The number of hydrogen-bond acceptors (Lipinski definition) is 14. The number of benzene rings is 2. The van der Waals surface area contributed by atoms with Gasteiger partial charge in [0.2, 0.25) is 17.8 Å². The van der Waals surface area contributed by atoms with Crippen LogP contribution in [0.25, 0.3) is 11.0 Å². The summed E-state index contributed by atoms with van der Waals surface area (Å²) in [4.78, 5) is 48.8. The number of hydrogen-bond donors (Lipinski definition) is 5. The van der Waals surface area contributed by atoms with Gasteiger partial charge in [0.15, 0.2) is 0 Å². The molecule has 2 aliphatic rings. The predicted octanol–water partition coefficient (Wildman–Crippen LogP) is 4.60. The second kappa shape index (κ2) is 18.0. The summed E-state index contributed by atoms with van der Waals surface area (Å²) in [7, 11) is -1.07. The van der Waals surface area contributed by atoms with Crippen molar-refractivity contribution in [2.75, 3.05) is 68.7 Å². The molecule has 5 N–H and O–H groups in total. The van der Waals surface area contributed by atoms with E-state index in [9.17, 15) is 14.2 Å². The second-order valence-corrected chi connectivity index (χ2v) is 18.4. The Labute approximate surface area is 338 Å². The fourth-order valence-electron chi connectivity index (χ4n) is 7.68. The van der Waals surface area contributed by atoms with Crippen LogP contribution >= 0.6 is 7.14 Å². The topological polar surface area (TPSA) is 193 Å². The lowest BCUT2D eigenvalue weighted by Gasteiger charge is -2.35. The summed E-state index contributed by atoms with van der Waals surface area (Å²) in [5.74, 6) is 0.859. The van der Waals surface area contributed by atoms with Crippen molar-refractivity contribution in [2.24, 2.45) is 0 Å². The van der Waals surface area contributed by atoms with E-state index in [-0.39, 0.29) is 17.7 Å². The zero-order valence-corrected chi connectivity index (χ0v) is 34.7. The first-order chi connectivity index (χ1) is 28.0. The number of nitrogens with zero attached hydrogens (tertiary/aromatic N) is 7.